The van der Waals surface area contributed by atoms with Crippen LogP contribution in [0.4, 0.5) is 17.1 Å². The maximum absolute atomic E-state index is 6.35. The number of hydrogen-bond donors (Lipinski definition) is 0. The molecular formula is C46H30N2O. The summed E-state index contributed by atoms with van der Waals surface area (Å²) in [6.07, 6.45) is 0. The van der Waals surface area contributed by atoms with E-state index in [0.29, 0.717) is 0 Å². The van der Waals surface area contributed by atoms with Crippen LogP contribution in [0.5, 0.6) is 0 Å². The molecule has 0 atom stereocenters. The monoisotopic (exact) mass is 626 g/mol. The van der Waals surface area contributed by atoms with Crippen LogP contribution in [0.3, 0.4) is 0 Å². The summed E-state index contributed by atoms with van der Waals surface area (Å²) in [5.41, 5.74) is 10.9. The van der Waals surface area contributed by atoms with Crippen molar-refractivity contribution in [1.29, 1.82) is 0 Å². The Morgan fingerprint density at radius 3 is 2.00 bits per heavy atom. The van der Waals surface area contributed by atoms with E-state index in [9.17, 15) is 0 Å². The van der Waals surface area contributed by atoms with Crippen molar-refractivity contribution in [3.63, 3.8) is 0 Å². The lowest BCUT2D eigenvalue weighted by Gasteiger charge is -2.29. The predicted octanol–water partition coefficient (Wildman–Crippen LogP) is 13.0. The van der Waals surface area contributed by atoms with Gasteiger partial charge in [0, 0.05) is 38.5 Å². The van der Waals surface area contributed by atoms with E-state index in [1.807, 2.05) is 12.1 Å². The molecule has 0 saturated carbocycles. The molecule has 2 aromatic heterocycles. The molecule has 2 heterocycles. The Labute approximate surface area is 283 Å². The van der Waals surface area contributed by atoms with E-state index in [1.54, 1.807) is 0 Å². The molecule has 0 bridgehead atoms. The molecule has 0 saturated heterocycles. The Hall–Kier alpha value is -6.58. The Bertz CT molecular complexity index is 2830. The molecule has 0 unspecified atom stereocenters. The van der Waals surface area contributed by atoms with Crippen molar-refractivity contribution in [3.05, 3.63) is 182 Å². The zero-order valence-electron chi connectivity index (χ0n) is 26.6. The van der Waals surface area contributed by atoms with Crippen LogP contribution < -0.4 is 4.90 Å². The van der Waals surface area contributed by atoms with Gasteiger partial charge in [-0.1, -0.05) is 121 Å². The first-order valence-corrected chi connectivity index (χ1v) is 16.7. The lowest BCUT2D eigenvalue weighted by molar-refractivity contribution is 0.669. The third-order valence-electron chi connectivity index (χ3n) is 9.74. The first-order chi connectivity index (χ1) is 24.3. The predicted molar refractivity (Wildman–Crippen MR) is 206 cm³/mol. The van der Waals surface area contributed by atoms with Gasteiger partial charge >= 0.3 is 0 Å². The molecular weight excluding hydrogens is 597 g/mol. The minimum Gasteiger partial charge on any atom is -0.456 e. The van der Waals surface area contributed by atoms with Gasteiger partial charge in [-0.3, -0.25) is 0 Å². The smallest absolute Gasteiger partial charge is 0.136 e. The summed E-state index contributed by atoms with van der Waals surface area (Å²) in [6.45, 7) is 0. The van der Waals surface area contributed by atoms with Gasteiger partial charge < -0.3 is 13.9 Å². The van der Waals surface area contributed by atoms with Crippen LogP contribution in [-0.4, -0.2) is 4.57 Å². The average Bonchev–Trinajstić information content (AvgIpc) is 3.70. The normalized spacial score (nSPS) is 11.7. The van der Waals surface area contributed by atoms with Gasteiger partial charge in [0.25, 0.3) is 0 Å². The van der Waals surface area contributed by atoms with Gasteiger partial charge in [0.05, 0.1) is 22.4 Å². The molecule has 0 aliphatic carbocycles. The number of hydrogen-bond acceptors (Lipinski definition) is 2. The molecule has 0 amide bonds. The fraction of sp³-hybridized carbons (Fsp3) is 0. The summed E-state index contributed by atoms with van der Waals surface area (Å²) >= 11 is 0. The van der Waals surface area contributed by atoms with Crippen molar-refractivity contribution >= 4 is 71.6 Å². The highest BCUT2D eigenvalue weighted by Gasteiger charge is 2.23. The summed E-state index contributed by atoms with van der Waals surface area (Å²) in [5.74, 6) is 0. The topological polar surface area (TPSA) is 21.3 Å². The molecule has 0 aliphatic rings. The second kappa shape index (κ2) is 11.0. The minimum absolute atomic E-state index is 0.897. The van der Waals surface area contributed by atoms with Crippen molar-refractivity contribution < 1.29 is 4.42 Å². The van der Waals surface area contributed by atoms with Crippen molar-refractivity contribution in [3.8, 4) is 16.8 Å². The Morgan fingerprint density at radius 2 is 1.12 bits per heavy atom. The molecule has 3 nitrogen and oxygen atoms in total. The van der Waals surface area contributed by atoms with Gasteiger partial charge in [-0.2, -0.15) is 0 Å². The lowest BCUT2D eigenvalue weighted by atomic mass is 10.0. The third kappa shape index (κ3) is 4.37. The first kappa shape index (κ1) is 27.5. The molecule has 0 spiro atoms. The molecule has 10 aromatic rings. The molecule has 0 radical (unpaired) electrons. The standard InChI is InChI=1S/C46H30N2O/c1-3-14-31(15-4-1)36-18-7-10-22-41(36)47(35-27-26-32-29-40-38-20-9-12-25-44(38)49-45(40)30-33(32)28-35)43-24-13-21-39-37-19-8-11-23-42(37)48(46(39)43)34-16-5-2-6-17-34/h1-30H. The second-order valence-corrected chi connectivity index (χ2v) is 12.6. The van der Waals surface area contributed by atoms with E-state index >= 15 is 0 Å². The number of aromatic nitrogens is 1. The highest BCUT2D eigenvalue weighted by atomic mass is 16.3. The zero-order chi connectivity index (χ0) is 32.3. The maximum Gasteiger partial charge on any atom is 0.136 e. The van der Waals surface area contributed by atoms with Gasteiger partial charge in [0.15, 0.2) is 0 Å². The van der Waals surface area contributed by atoms with E-state index < -0.39 is 0 Å². The van der Waals surface area contributed by atoms with Crippen molar-refractivity contribution in [1.82, 2.24) is 4.57 Å². The average molecular weight is 627 g/mol. The van der Waals surface area contributed by atoms with Gasteiger partial charge in [0.2, 0.25) is 0 Å². The molecule has 0 fully saturated rings. The summed E-state index contributed by atoms with van der Waals surface area (Å²) < 4.78 is 8.76. The molecule has 0 N–H and O–H groups in total. The maximum atomic E-state index is 6.35. The van der Waals surface area contributed by atoms with Crippen molar-refractivity contribution in [2.75, 3.05) is 4.90 Å². The number of anilines is 3. The SMILES string of the molecule is c1ccc(-c2ccccc2N(c2ccc3cc4c(cc3c2)oc2ccccc24)c2cccc3c4ccccc4n(-c4ccccc4)c23)cc1. The lowest BCUT2D eigenvalue weighted by Crippen LogP contribution is -2.13. The van der Waals surface area contributed by atoms with E-state index in [0.717, 1.165) is 61.2 Å². The van der Waals surface area contributed by atoms with Crippen LogP contribution in [0, 0.1) is 0 Å². The van der Waals surface area contributed by atoms with Gasteiger partial charge in [-0.05, 0) is 77.0 Å². The van der Waals surface area contributed by atoms with Crippen LogP contribution in [0.2, 0.25) is 0 Å². The summed E-state index contributed by atoms with van der Waals surface area (Å²) in [6, 6.07) is 65.1. The summed E-state index contributed by atoms with van der Waals surface area (Å²) in [4.78, 5) is 2.44. The fourth-order valence-electron chi connectivity index (χ4n) is 7.56. The molecule has 8 aromatic carbocycles. The molecule has 230 valence electrons. The zero-order valence-corrected chi connectivity index (χ0v) is 26.6. The van der Waals surface area contributed by atoms with Gasteiger partial charge in [-0.25, -0.2) is 0 Å². The number of furan rings is 1. The van der Waals surface area contributed by atoms with E-state index in [4.69, 9.17) is 4.42 Å². The number of rotatable bonds is 5. The first-order valence-electron chi connectivity index (χ1n) is 16.7. The molecule has 0 aliphatic heterocycles. The van der Waals surface area contributed by atoms with Crippen LogP contribution >= 0.6 is 0 Å². The Morgan fingerprint density at radius 1 is 0.429 bits per heavy atom. The Balaban J connectivity index is 1.30. The molecule has 10 rings (SSSR count). The quantitative estimate of drug-likeness (QED) is 0.190. The second-order valence-electron chi connectivity index (χ2n) is 12.6. The van der Waals surface area contributed by atoms with Crippen LogP contribution in [-0.2, 0) is 0 Å². The highest BCUT2D eigenvalue weighted by Crippen LogP contribution is 2.46. The number of nitrogens with zero attached hydrogens (tertiary/aromatic N) is 2. The van der Waals surface area contributed by atoms with Crippen molar-refractivity contribution in [2.45, 2.75) is 0 Å². The van der Waals surface area contributed by atoms with Crippen LogP contribution in [0.25, 0.3) is 71.3 Å². The number of benzene rings is 8. The molecule has 3 heteroatoms. The number of para-hydroxylation sites is 5. The molecule has 49 heavy (non-hydrogen) atoms. The van der Waals surface area contributed by atoms with Crippen LogP contribution in [0.15, 0.2) is 186 Å². The number of fused-ring (bicyclic) bond motifs is 7. The Kier molecular flexibility index (Phi) is 6.18. The highest BCUT2D eigenvalue weighted by molar-refractivity contribution is 6.15. The van der Waals surface area contributed by atoms with E-state index in [1.165, 1.54) is 27.2 Å². The summed E-state index contributed by atoms with van der Waals surface area (Å²) in [7, 11) is 0. The van der Waals surface area contributed by atoms with E-state index in [2.05, 4.69) is 179 Å². The van der Waals surface area contributed by atoms with Gasteiger partial charge in [-0.15, -0.1) is 0 Å². The fourth-order valence-corrected chi connectivity index (χ4v) is 7.56. The van der Waals surface area contributed by atoms with E-state index in [-0.39, 0.29) is 0 Å². The largest absolute Gasteiger partial charge is 0.456 e. The summed E-state index contributed by atoms with van der Waals surface area (Å²) in [5, 5.41) is 7.02. The van der Waals surface area contributed by atoms with Crippen LogP contribution in [0.1, 0.15) is 0 Å². The van der Waals surface area contributed by atoms with Crippen molar-refractivity contribution in [2.24, 2.45) is 0 Å². The third-order valence-corrected chi connectivity index (χ3v) is 9.74. The van der Waals surface area contributed by atoms with Gasteiger partial charge in [0.1, 0.15) is 11.2 Å². The minimum atomic E-state index is 0.897.